The number of hydrogen-bond acceptors (Lipinski definition) is 3. The molecule has 80 valence electrons. The summed E-state index contributed by atoms with van der Waals surface area (Å²) in [5, 5.41) is 2.86. The molecule has 15 heavy (non-hydrogen) atoms. The molecule has 1 heterocycles. The molecular formula is C11H13NO3. The first-order valence-corrected chi connectivity index (χ1v) is 4.82. The molecule has 2 rings (SSSR count). The Kier molecular flexibility index (Phi) is 2.87. The number of hydrogen-bond donors (Lipinski definition) is 1. The Morgan fingerprint density at radius 2 is 2.33 bits per heavy atom. The lowest BCUT2D eigenvalue weighted by Crippen LogP contribution is -2.48. The van der Waals surface area contributed by atoms with Gasteiger partial charge in [0.25, 0.3) is 5.91 Å². The fourth-order valence-electron chi connectivity index (χ4n) is 1.35. The summed E-state index contributed by atoms with van der Waals surface area (Å²) in [6, 6.07) is 7.24. The smallest absolute Gasteiger partial charge is 0.251 e. The van der Waals surface area contributed by atoms with Gasteiger partial charge >= 0.3 is 0 Å². The van der Waals surface area contributed by atoms with Gasteiger partial charge in [-0.15, -0.1) is 0 Å². The Hall–Kier alpha value is -1.55. The molecule has 0 saturated carbocycles. The van der Waals surface area contributed by atoms with Gasteiger partial charge in [0.2, 0.25) is 0 Å². The molecule has 0 atom stereocenters. The number of ether oxygens (including phenoxy) is 2. The Bertz CT molecular complexity index is 361. The number of amides is 1. The van der Waals surface area contributed by atoms with Crippen LogP contribution in [0.1, 0.15) is 10.4 Å². The SMILES string of the molecule is COc1cccc(C(=O)NC2COC2)c1. The molecule has 0 aromatic heterocycles. The van der Waals surface area contributed by atoms with Gasteiger partial charge < -0.3 is 14.8 Å². The van der Waals surface area contributed by atoms with Crippen LogP contribution >= 0.6 is 0 Å². The van der Waals surface area contributed by atoms with Crippen molar-refractivity contribution in [2.75, 3.05) is 20.3 Å². The average Bonchev–Trinajstić information content (AvgIpc) is 2.23. The first-order valence-electron chi connectivity index (χ1n) is 4.82. The molecule has 0 aliphatic carbocycles. The van der Waals surface area contributed by atoms with Crippen molar-refractivity contribution < 1.29 is 14.3 Å². The second kappa shape index (κ2) is 4.31. The molecule has 1 saturated heterocycles. The third-order valence-corrected chi connectivity index (χ3v) is 2.31. The highest BCUT2D eigenvalue weighted by molar-refractivity contribution is 5.94. The summed E-state index contributed by atoms with van der Waals surface area (Å²) in [6.07, 6.45) is 0. The molecule has 0 radical (unpaired) electrons. The van der Waals surface area contributed by atoms with Gasteiger partial charge in [0.05, 0.1) is 26.4 Å². The summed E-state index contributed by atoms with van der Waals surface area (Å²) >= 11 is 0. The van der Waals surface area contributed by atoms with Gasteiger partial charge in [0.1, 0.15) is 5.75 Å². The van der Waals surface area contributed by atoms with Crippen LogP contribution in [-0.4, -0.2) is 32.3 Å². The van der Waals surface area contributed by atoms with E-state index in [0.29, 0.717) is 24.5 Å². The van der Waals surface area contributed by atoms with E-state index in [2.05, 4.69) is 5.32 Å². The van der Waals surface area contributed by atoms with Gasteiger partial charge in [-0.1, -0.05) is 6.07 Å². The Balaban J connectivity index is 2.03. The fraction of sp³-hybridized carbons (Fsp3) is 0.364. The van der Waals surface area contributed by atoms with Crippen molar-refractivity contribution in [3.63, 3.8) is 0 Å². The van der Waals surface area contributed by atoms with E-state index in [4.69, 9.17) is 9.47 Å². The summed E-state index contributed by atoms with van der Waals surface area (Å²) in [5.41, 5.74) is 0.612. The lowest BCUT2D eigenvalue weighted by atomic mass is 10.1. The highest BCUT2D eigenvalue weighted by Gasteiger charge is 2.20. The zero-order valence-electron chi connectivity index (χ0n) is 8.53. The van der Waals surface area contributed by atoms with Crippen LogP contribution in [0, 0.1) is 0 Å². The van der Waals surface area contributed by atoms with E-state index in [1.807, 2.05) is 6.07 Å². The monoisotopic (exact) mass is 207 g/mol. The second-order valence-electron chi connectivity index (χ2n) is 3.44. The number of rotatable bonds is 3. The van der Waals surface area contributed by atoms with Crippen LogP contribution in [0.15, 0.2) is 24.3 Å². The van der Waals surface area contributed by atoms with Crippen LogP contribution in [0.2, 0.25) is 0 Å². The molecule has 4 nitrogen and oxygen atoms in total. The van der Waals surface area contributed by atoms with Crippen LogP contribution in [0.25, 0.3) is 0 Å². The molecule has 1 fully saturated rings. The maximum Gasteiger partial charge on any atom is 0.251 e. The Morgan fingerprint density at radius 1 is 1.53 bits per heavy atom. The molecule has 1 amide bonds. The summed E-state index contributed by atoms with van der Waals surface area (Å²) in [5.74, 6) is 0.606. The third kappa shape index (κ3) is 2.27. The summed E-state index contributed by atoms with van der Waals surface area (Å²) < 4.78 is 10.0. The largest absolute Gasteiger partial charge is 0.497 e. The standard InChI is InChI=1S/C11H13NO3/c1-14-10-4-2-3-8(5-10)11(13)12-9-6-15-7-9/h2-5,9H,6-7H2,1H3,(H,12,13). The summed E-state index contributed by atoms with van der Waals surface area (Å²) in [7, 11) is 1.58. The Labute approximate surface area is 88.2 Å². The fourth-order valence-corrected chi connectivity index (χ4v) is 1.35. The van der Waals surface area contributed by atoms with Crippen molar-refractivity contribution in [2.45, 2.75) is 6.04 Å². The second-order valence-corrected chi connectivity index (χ2v) is 3.44. The molecule has 1 aromatic carbocycles. The highest BCUT2D eigenvalue weighted by atomic mass is 16.5. The van der Waals surface area contributed by atoms with Crippen molar-refractivity contribution in [3.05, 3.63) is 29.8 Å². The predicted octanol–water partition coefficient (Wildman–Crippen LogP) is 0.824. The van der Waals surface area contributed by atoms with E-state index in [9.17, 15) is 4.79 Å². The average molecular weight is 207 g/mol. The van der Waals surface area contributed by atoms with Crippen molar-refractivity contribution in [1.29, 1.82) is 0 Å². The van der Waals surface area contributed by atoms with E-state index in [0.717, 1.165) is 0 Å². The number of carbonyl (C=O) groups excluding carboxylic acids is 1. The van der Waals surface area contributed by atoms with Crippen LogP contribution in [-0.2, 0) is 4.74 Å². The molecular weight excluding hydrogens is 194 g/mol. The number of carbonyl (C=O) groups is 1. The van der Waals surface area contributed by atoms with Crippen molar-refractivity contribution in [1.82, 2.24) is 5.32 Å². The van der Waals surface area contributed by atoms with Crippen molar-refractivity contribution >= 4 is 5.91 Å². The molecule has 0 unspecified atom stereocenters. The minimum atomic E-state index is -0.0813. The zero-order chi connectivity index (χ0) is 10.7. The van der Waals surface area contributed by atoms with E-state index in [1.165, 1.54) is 0 Å². The van der Waals surface area contributed by atoms with Crippen LogP contribution in [0.5, 0.6) is 5.75 Å². The number of benzene rings is 1. The normalized spacial score (nSPS) is 15.5. The molecule has 1 aromatic rings. The van der Waals surface area contributed by atoms with Gasteiger partial charge in [0, 0.05) is 5.56 Å². The molecule has 4 heteroatoms. The van der Waals surface area contributed by atoms with E-state index < -0.39 is 0 Å². The van der Waals surface area contributed by atoms with Gasteiger partial charge in [-0.05, 0) is 18.2 Å². The molecule has 0 bridgehead atoms. The maximum absolute atomic E-state index is 11.7. The van der Waals surface area contributed by atoms with E-state index in [1.54, 1.807) is 25.3 Å². The van der Waals surface area contributed by atoms with Crippen LogP contribution in [0.3, 0.4) is 0 Å². The minimum absolute atomic E-state index is 0.0813. The van der Waals surface area contributed by atoms with Crippen LogP contribution < -0.4 is 10.1 Å². The molecule has 1 aliphatic heterocycles. The predicted molar refractivity (Wildman–Crippen MR) is 55.1 cm³/mol. The van der Waals surface area contributed by atoms with E-state index in [-0.39, 0.29) is 11.9 Å². The molecule has 1 N–H and O–H groups in total. The quantitative estimate of drug-likeness (QED) is 0.798. The van der Waals surface area contributed by atoms with Gasteiger partial charge in [-0.2, -0.15) is 0 Å². The van der Waals surface area contributed by atoms with Crippen molar-refractivity contribution in [2.24, 2.45) is 0 Å². The Morgan fingerprint density at radius 3 is 2.93 bits per heavy atom. The highest BCUT2D eigenvalue weighted by Crippen LogP contribution is 2.13. The maximum atomic E-state index is 11.7. The molecule has 0 spiro atoms. The summed E-state index contributed by atoms with van der Waals surface area (Å²) in [4.78, 5) is 11.7. The van der Waals surface area contributed by atoms with E-state index >= 15 is 0 Å². The topological polar surface area (TPSA) is 47.6 Å². The van der Waals surface area contributed by atoms with Crippen LogP contribution in [0.4, 0.5) is 0 Å². The lowest BCUT2D eigenvalue weighted by Gasteiger charge is -2.26. The lowest BCUT2D eigenvalue weighted by molar-refractivity contribution is -0.00346. The minimum Gasteiger partial charge on any atom is -0.497 e. The summed E-state index contributed by atoms with van der Waals surface area (Å²) in [6.45, 7) is 1.21. The first kappa shape index (κ1) is 9.98. The number of methoxy groups -OCH3 is 1. The van der Waals surface area contributed by atoms with Crippen molar-refractivity contribution in [3.8, 4) is 5.75 Å². The van der Waals surface area contributed by atoms with Gasteiger partial charge in [0.15, 0.2) is 0 Å². The van der Waals surface area contributed by atoms with Gasteiger partial charge in [-0.25, -0.2) is 0 Å². The van der Waals surface area contributed by atoms with Gasteiger partial charge in [-0.3, -0.25) is 4.79 Å². The zero-order valence-corrected chi connectivity index (χ0v) is 8.53. The molecule has 1 aliphatic rings. The number of nitrogens with one attached hydrogen (secondary N) is 1. The first-order chi connectivity index (χ1) is 7.29. The third-order valence-electron chi connectivity index (χ3n) is 2.31.